The van der Waals surface area contributed by atoms with Crippen molar-refractivity contribution < 1.29 is 9.53 Å². The molecule has 1 aliphatic carbocycles. The van der Waals surface area contributed by atoms with Gasteiger partial charge in [-0.1, -0.05) is 49.7 Å². The number of carbonyl (C=O) groups is 1. The van der Waals surface area contributed by atoms with Gasteiger partial charge < -0.3 is 14.5 Å². The maximum Gasteiger partial charge on any atom is 0.226 e. The van der Waals surface area contributed by atoms with Crippen molar-refractivity contribution in [3.05, 3.63) is 34.8 Å². The van der Waals surface area contributed by atoms with Gasteiger partial charge in [-0.2, -0.15) is 0 Å². The van der Waals surface area contributed by atoms with Gasteiger partial charge in [0.15, 0.2) is 0 Å². The zero-order chi connectivity index (χ0) is 20.8. The van der Waals surface area contributed by atoms with E-state index >= 15 is 0 Å². The van der Waals surface area contributed by atoms with Gasteiger partial charge >= 0.3 is 0 Å². The Morgan fingerprint density at radius 2 is 1.80 bits per heavy atom. The number of carbonyl (C=O) groups excluding carboxylic acids is 1. The molecule has 0 atom stereocenters. The fourth-order valence-corrected chi connectivity index (χ4v) is 5.32. The Kier molecular flexibility index (Phi) is 7.20. The van der Waals surface area contributed by atoms with Crippen LogP contribution in [0, 0.1) is 0 Å². The smallest absolute Gasteiger partial charge is 0.226 e. The second-order valence-corrected chi connectivity index (χ2v) is 9.21. The highest BCUT2D eigenvalue weighted by Crippen LogP contribution is 2.36. The first-order chi connectivity index (χ1) is 14.7. The Morgan fingerprint density at radius 1 is 1.07 bits per heavy atom. The SMILES string of the molecule is CCc1ccc(OCCC(=O)N2CCN(c3nnc(C4CCCCC4)s3)CC2)cc1. The molecule has 0 N–H and O–H groups in total. The van der Waals surface area contributed by atoms with Gasteiger partial charge in [-0.15, -0.1) is 10.2 Å². The summed E-state index contributed by atoms with van der Waals surface area (Å²) in [6.07, 6.45) is 7.92. The van der Waals surface area contributed by atoms with E-state index in [1.165, 1.54) is 42.7 Å². The molecule has 30 heavy (non-hydrogen) atoms. The molecular formula is C23H32N4O2S. The van der Waals surface area contributed by atoms with E-state index in [0.717, 1.165) is 43.5 Å². The predicted octanol–water partition coefficient (Wildman–Crippen LogP) is 4.27. The van der Waals surface area contributed by atoms with Crippen LogP contribution in [0.3, 0.4) is 0 Å². The summed E-state index contributed by atoms with van der Waals surface area (Å²) in [6, 6.07) is 8.10. The number of amides is 1. The number of piperazine rings is 1. The molecular weight excluding hydrogens is 396 g/mol. The predicted molar refractivity (Wildman–Crippen MR) is 120 cm³/mol. The lowest BCUT2D eigenvalue weighted by molar-refractivity contribution is -0.132. The van der Waals surface area contributed by atoms with Crippen molar-refractivity contribution in [2.24, 2.45) is 0 Å². The van der Waals surface area contributed by atoms with Gasteiger partial charge in [0.25, 0.3) is 0 Å². The molecule has 7 heteroatoms. The Balaban J connectivity index is 1.20. The lowest BCUT2D eigenvalue weighted by Crippen LogP contribution is -2.49. The van der Waals surface area contributed by atoms with Crippen molar-refractivity contribution in [1.82, 2.24) is 15.1 Å². The standard InChI is InChI=1S/C23H32N4O2S/c1-2-18-8-10-20(11-9-18)29-17-12-21(28)26-13-15-27(16-14-26)23-25-24-22(30-23)19-6-4-3-5-7-19/h8-11,19H,2-7,12-17H2,1H3. The summed E-state index contributed by atoms with van der Waals surface area (Å²) in [6.45, 7) is 5.68. The van der Waals surface area contributed by atoms with E-state index in [4.69, 9.17) is 4.74 Å². The lowest BCUT2D eigenvalue weighted by atomic mass is 9.90. The first-order valence-corrected chi connectivity index (χ1v) is 12.1. The largest absolute Gasteiger partial charge is 0.493 e. The van der Waals surface area contributed by atoms with Crippen LogP contribution in [0.15, 0.2) is 24.3 Å². The Hall–Kier alpha value is -2.15. The Labute approximate surface area is 183 Å². The molecule has 0 unspecified atom stereocenters. The molecule has 0 radical (unpaired) electrons. The van der Waals surface area contributed by atoms with Crippen LogP contribution in [0.5, 0.6) is 5.75 Å². The van der Waals surface area contributed by atoms with E-state index in [-0.39, 0.29) is 5.91 Å². The van der Waals surface area contributed by atoms with Crippen LogP contribution < -0.4 is 9.64 Å². The molecule has 0 spiro atoms. The van der Waals surface area contributed by atoms with Gasteiger partial charge in [0, 0.05) is 32.1 Å². The van der Waals surface area contributed by atoms with E-state index in [1.54, 1.807) is 11.3 Å². The molecule has 1 amide bonds. The Bertz CT molecular complexity index is 809. The highest BCUT2D eigenvalue weighted by molar-refractivity contribution is 7.15. The fraction of sp³-hybridized carbons (Fsp3) is 0.609. The van der Waals surface area contributed by atoms with Crippen molar-refractivity contribution >= 4 is 22.4 Å². The molecule has 0 bridgehead atoms. The average Bonchev–Trinajstić information content (AvgIpc) is 3.30. The lowest BCUT2D eigenvalue weighted by Gasteiger charge is -2.34. The highest BCUT2D eigenvalue weighted by atomic mass is 32.1. The van der Waals surface area contributed by atoms with Crippen LogP contribution in [-0.4, -0.2) is 53.8 Å². The topological polar surface area (TPSA) is 58.6 Å². The number of benzene rings is 1. The van der Waals surface area contributed by atoms with Crippen molar-refractivity contribution in [2.45, 2.75) is 57.8 Å². The molecule has 1 aromatic heterocycles. The highest BCUT2D eigenvalue weighted by Gasteiger charge is 2.25. The minimum atomic E-state index is 0.167. The molecule has 2 aliphatic rings. The quantitative estimate of drug-likeness (QED) is 0.659. The minimum Gasteiger partial charge on any atom is -0.493 e. The molecule has 162 valence electrons. The molecule has 1 aromatic carbocycles. The monoisotopic (exact) mass is 428 g/mol. The van der Waals surface area contributed by atoms with Gasteiger partial charge in [-0.05, 0) is 37.0 Å². The number of nitrogens with zero attached hydrogens (tertiary/aromatic N) is 4. The summed E-state index contributed by atoms with van der Waals surface area (Å²) < 4.78 is 5.74. The molecule has 1 aliphatic heterocycles. The summed E-state index contributed by atoms with van der Waals surface area (Å²) in [7, 11) is 0. The zero-order valence-corrected chi connectivity index (χ0v) is 18.7. The van der Waals surface area contributed by atoms with Crippen LogP contribution in [0.4, 0.5) is 5.13 Å². The second-order valence-electron chi connectivity index (χ2n) is 8.22. The first-order valence-electron chi connectivity index (χ1n) is 11.3. The molecule has 2 aromatic rings. The van der Waals surface area contributed by atoms with E-state index in [0.29, 0.717) is 18.9 Å². The van der Waals surface area contributed by atoms with Crippen LogP contribution in [0.25, 0.3) is 0 Å². The van der Waals surface area contributed by atoms with Crippen LogP contribution in [0.1, 0.15) is 61.9 Å². The van der Waals surface area contributed by atoms with Crippen LogP contribution >= 0.6 is 11.3 Å². The molecule has 2 heterocycles. The number of anilines is 1. The third-order valence-electron chi connectivity index (χ3n) is 6.20. The fourth-order valence-electron chi connectivity index (χ4n) is 4.25. The normalized spacial score (nSPS) is 17.9. The molecule has 2 fully saturated rings. The van der Waals surface area contributed by atoms with E-state index in [2.05, 4.69) is 34.2 Å². The summed E-state index contributed by atoms with van der Waals surface area (Å²) in [5.74, 6) is 1.60. The first kappa shape index (κ1) is 21.1. The van der Waals surface area contributed by atoms with Crippen molar-refractivity contribution in [3.63, 3.8) is 0 Å². The number of hydrogen-bond acceptors (Lipinski definition) is 6. The van der Waals surface area contributed by atoms with Gasteiger partial charge in [0.2, 0.25) is 11.0 Å². The Morgan fingerprint density at radius 3 is 2.50 bits per heavy atom. The van der Waals surface area contributed by atoms with E-state index < -0.39 is 0 Å². The van der Waals surface area contributed by atoms with Crippen molar-refractivity contribution in [1.29, 1.82) is 0 Å². The summed E-state index contributed by atoms with van der Waals surface area (Å²) in [4.78, 5) is 16.8. The zero-order valence-electron chi connectivity index (χ0n) is 17.9. The maximum atomic E-state index is 12.5. The number of rotatable bonds is 7. The molecule has 1 saturated carbocycles. The van der Waals surface area contributed by atoms with Gasteiger partial charge in [-0.25, -0.2) is 0 Å². The second kappa shape index (κ2) is 10.2. The summed E-state index contributed by atoms with van der Waals surface area (Å²) >= 11 is 1.75. The molecule has 1 saturated heterocycles. The third-order valence-corrected chi connectivity index (χ3v) is 7.35. The van der Waals surface area contributed by atoms with Gasteiger partial charge in [0.05, 0.1) is 13.0 Å². The van der Waals surface area contributed by atoms with Gasteiger partial charge in [-0.3, -0.25) is 4.79 Å². The molecule has 4 rings (SSSR count). The van der Waals surface area contributed by atoms with Gasteiger partial charge in [0.1, 0.15) is 10.8 Å². The van der Waals surface area contributed by atoms with Crippen molar-refractivity contribution in [3.8, 4) is 5.75 Å². The summed E-state index contributed by atoms with van der Waals surface area (Å²) in [5, 5.41) is 11.1. The number of hydrogen-bond donors (Lipinski definition) is 0. The summed E-state index contributed by atoms with van der Waals surface area (Å²) in [5.41, 5.74) is 1.29. The van der Waals surface area contributed by atoms with E-state index in [1.807, 2.05) is 17.0 Å². The van der Waals surface area contributed by atoms with Crippen LogP contribution in [-0.2, 0) is 11.2 Å². The van der Waals surface area contributed by atoms with Crippen LogP contribution in [0.2, 0.25) is 0 Å². The molecule has 6 nitrogen and oxygen atoms in total. The number of ether oxygens (including phenoxy) is 1. The maximum absolute atomic E-state index is 12.5. The minimum absolute atomic E-state index is 0.167. The number of aromatic nitrogens is 2. The number of aryl methyl sites for hydroxylation is 1. The van der Waals surface area contributed by atoms with E-state index in [9.17, 15) is 4.79 Å². The third kappa shape index (κ3) is 5.31. The average molecular weight is 429 g/mol. The van der Waals surface area contributed by atoms with Crippen molar-refractivity contribution in [2.75, 3.05) is 37.7 Å².